The van der Waals surface area contributed by atoms with Crippen LogP contribution in [0.5, 0.6) is 0 Å². The molecule has 0 spiro atoms. The molecule has 148 valence electrons. The van der Waals surface area contributed by atoms with Crippen LogP contribution in [-0.4, -0.2) is 46.6 Å². The third-order valence-electron chi connectivity index (χ3n) is 4.91. The largest absolute Gasteiger partial charge is 0.350 e. The van der Waals surface area contributed by atoms with Gasteiger partial charge in [0.1, 0.15) is 12.4 Å². The molecular weight excluding hydrogens is 365 g/mol. The Kier molecular flexibility index (Phi) is 6.18. The number of hydrogen-bond donors (Lipinski definition) is 1. The summed E-state index contributed by atoms with van der Waals surface area (Å²) in [6.07, 6.45) is 6.81. The van der Waals surface area contributed by atoms with E-state index in [0.29, 0.717) is 11.3 Å². The Morgan fingerprint density at radius 1 is 1.07 bits per heavy atom. The fourth-order valence-corrected chi connectivity index (χ4v) is 3.31. The van der Waals surface area contributed by atoms with Crippen molar-refractivity contribution in [1.29, 1.82) is 0 Å². The topological polar surface area (TPSA) is 86.8 Å². The lowest BCUT2D eigenvalue weighted by molar-refractivity contribution is -0.144. The quantitative estimate of drug-likeness (QED) is 0.441. The first-order valence-corrected chi connectivity index (χ1v) is 9.32. The maximum absolute atomic E-state index is 13.6. The fraction of sp³-hybridized carbons (Fsp3) is 0.400. The number of halogens is 1. The lowest BCUT2D eigenvalue weighted by Gasteiger charge is -2.17. The maximum atomic E-state index is 13.6. The molecule has 3 rings (SSSR count). The summed E-state index contributed by atoms with van der Waals surface area (Å²) in [6, 6.07) is 5.18. The molecule has 0 unspecified atom stereocenters. The molecule has 8 heteroatoms. The van der Waals surface area contributed by atoms with Gasteiger partial charge in [-0.15, -0.1) is 0 Å². The van der Waals surface area contributed by atoms with E-state index in [-0.39, 0.29) is 18.7 Å². The van der Waals surface area contributed by atoms with E-state index in [1.807, 2.05) is 0 Å². The van der Waals surface area contributed by atoms with E-state index in [9.17, 15) is 23.6 Å². The zero-order valence-corrected chi connectivity index (χ0v) is 15.4. The summed E-state index contributed by atoms with van der Waals surface area (Å²) in [6.45, 7) is -0.521. The first-order chi connectivity index (χ1) is 13.5. The number of hydrogen-bond acceptors (Lipinski definition) is 4. The first-order valence-electron chi connectivity index (χ1n) is 9.32. The van der Waals surface area contributed by atoms with Gasteiger partial charge in [-0.2, -0.15) is 0 Å². The van der Waals surface area contributed by atoms with Crippen molar-refractivity contribution in [2.75, 3.05) is 13.1 Å². The van der Waals surface area contributed by atoms with Crippen LogP contribution in [-0.2, 0) is 20.9 Å². The molecule has 0 radical (unpaired) electrons. The minimum absolute atomic E-state index is 0.0759. The number of imide groups is 2. The number of nitrogens with zero attached hydrogens (tertiary/aromatic N) is 2. The van der Waals surface area contributed by atoms with Crippen molar-refractivity contribution in [2.45, 2.75) is 38.6 Å². The van der Waals surface area contributed by atoms with Gasteiger partial charge in [-0.25, -0.2) is 14.1 Å². The van der Waals surface area contributed by atoms with Crippen LogP contribution in [0.1, 0.15) is 37.7 Å². The van der Waals surface area contributed by atoms with Gasteiger partial charge in [0.15, 0.2) is 0 Å². The fourth-order valence-electron chi connectivity index (χ4n) is 3.31. The summed E-state index contributed by atoms with van der Waals surface area (Å²) in [5, 5.41) is 2.46. The Balaban J connectivity index is 1.54. The molecule has 1 aliphatic carbocycles. The minimum atomic E-state index is -1.01. The molecule has 0 aromatic heterocycles. The highest BCUT2D eigenvalue weighted by Gasteiger charge is 2.44. The van der Waals surface area contributed by atoms with Crippen LogP contribution in [0.25, 0.3) is 0 Å². The van der Waals surface area contributed by atoms with Crippen molar-refractivity contribution in [1.82, 2.24) is 15.1 Å². The molecule has 1 aromatic rings. The number of carbonyl (C=O) groups excluding carboxylic acids is 4. The van der Waals surface area contributed by atoms with Crippen molar-refractivity contribution >= 4 is 23.8 Å². The molecule has 1 heterocycles. The maximum Gasteiger partial charge on any atom is 0.334 e. The lowest BCUT2D eigenvalue weighted by Crippen LogP contribution is -2.41. The van der Waals surface area contributed by atoms with Crippen LogP contribution in [0, 0.1) is 5.82 Å². The van der Waals surface area contributed by atoms with E-state index >= 15 is 0 Å². The average Bonchev–Trinajstić information content (AvgIpc) is 2.90. The number of carbonyl (C=O) groups is 4. The predicted octanol–water partition coefficient (Wildman–Crippen LogP) is 2.12. The van der Waals surface area contributed by atoms with E-state index in [1.54, 1.807) is 6.07 Å². The van der Waals surface area contributed by atoms with Gasteiger partial charge in [0.2, 0.25) is 5.91 Å². The van der Waals surface area contributed by atoms with Crippen LogP contribution in [0.2, 0.25) is 0 Å². The van der Waals surface area contributed by atoms with Crippen LogP contribution in [0.4, 0.5) is 9.18 Å². The average molecular weight is 387 g/mol. The highest BCUT2D eigenvalue weighted by Crippen LogP contribution is 2.22. The third-order valence-corrected chi connectivity index (χ3v) is 4.91. The van der Waals surface area contributed by atoms with Gasteiger partial charge < -0.3 is 5.32 Å². The molecule has 1 fully saturated rings. The monoisotopic (exact) mass is 387 g/mol. The molecule has 1 aliphatic heterocycles. The molecule has 0 saturated carbocycles. The highest BCUT2D eigenvalue weighted by molar-refractivity contribution is 6.45. The van der Waals surface area contributed by atoms with Crippen LogP contribution in [0.3, 0.4) is 0 Å². The Morgan fingerprint density at radius 3 is 2.54 bits per heavy atom. The number of rotatable bonds is 7. The number of benzene rings is 1. The van der Waals surface area contributed by atoms with Crippen LogP contribution >= 0.6 is 0 Å². The summed E-state index contributed by atoms with van der Waals surface area (Å²) >= 11 is 0. The Hall–Kier alpha value is -3.03. The number of urea groups is 1. The predicted molar refractivity (Wildman–Crippen MR) is 98.2 cm³/mol. The normalized spacial score (nSPS) is 17.2. The zero-order valence-electron chi connectivity index (χ0n) is 15.4. The van der Waals surface area contributed by atoms with Gasteiger partial charge in [0, 0.05) is 18.7 Å². The third kappa shape index (κ3) is 4.44. The molecule has 1 saturated heterocycles. The van der Waals surface area contributed by atoms with Gasteiger partial charge in [-0.1, -0.05) is 29.8 Å². The molecule has 0 atom stereocenters. The summed E-state index contributed by atoms with van der Waals surface area (Å²) in [7, 11) is 0. The molecule has 28 heavy (non-hydrogen) atoms. The van der Waals surface area contributed by atoms with Crippen molar-refractivity contribution in [3.8, 4) is 0 Å². The SMILES string of the molecule is O=C(CN1C(=O)C(=O)N(CCC2=CCCCC2)C1=O)NCc1ccccc1F. The van der Waals surface area contributed by atoms with Gasteiger partial charge in [0.25, 0.3) is 0 Å². The van der Waals surface area contributed by atoms with Crippen molar-refractivity contribution < 1.29 is 23.6 Å². The Bertz CT molecular complexity index is 836. The summed E-state index contributed by atoms with van der Waals surface area (Å²) in [5.74, 6) is -3.03. The second-order valence-corrected chi connectivity index (χ2v) is 6.86. The summed E-state index contributed by atoms with van der Waals surface area (Å²) in [4.78, 5) is 50.2. The second kappa shape index (κ2) is 8.77. The summed E-state index contributed by atoms with van der Waals surface area (Å²) in [5.41, 5.74) is 1.47. The molecule has 7 nitrogen and oxygen atoms in total. The number of amides is 5. The van der Waals surface area contributed by atoms with E-state index in [0.717, 1.165) is 30.6 Å². The Morgan fingerprint density at radius 2 is 1.82 bits per heavy atom. The zero-order chi connectivity index (χ0) is 20.1. The van der Waals surface area contributed by atoms with Crippen LogP contribution in [0.15, 0.2) is 35.9 Å². The summed E-state index contributed by atoms with van der Waals surface area (Å²) < 4.78 is 13.6. The number of allylic oxidation sites excluding steroid dienone is 1. The van der Waals surface area contributed by atoms with Crippen LogP contribution < -0.4 is 5.32 Å². The first kappa shape index (κ1) is 19.7. The smallest absolute Gasteiger partial charge is 0.334 e. The van der Waals surface area contributed by atoms with E-state index in [4.69, 9.17) is 0 Å². The highest BCUT2D eigenvalue weighted by atomic mass is 19.1. The molecular formula is C20H22FN3O4. The van der Waals surface area contributed by atoms with Gasteiger partial charge >= 0.3 is 17.8 Å². The van der Waals surface area contributed by atoms with E-state index < -0.39 is 36.1 Å². The van der Waals surface area contributed by atoms with E-state index in [2.05, 4.69) is 11.4 Å². The molecule has 1 aromatic carbocycles. The van der Waals surface area contributed by atoms with Gasteiger partial charge in [0.05, 0.1) is 0 Å². The van der Waals surface area contributed by atoms with E-state index in [1.165, 1.54) is 23.8 Å². The van der Waals surface area contributed by atoms with Crippen molar-refractivity contribution in [3.63, 3.8) is 0 Å². The Labute approximate surface area is 162 Å². The second-order valence-electron chi connectivity index (χ2n) is 6.86. The van der Waals surface area contributed by atoms with Crippen molar-refractivity contribution in [2.24, 2.45) is 0 Å². The molecule has 0 bridgehead atoms. The molecule has 2 aliphatic rings. The lowest BCUT2D eigenvalue weighted by atomic mass is 9.97. The molecule has 5 amide bonds. The van der Waals surface area contributed by atoms with Crippen molar-refractivity contribution in [3.05, 3.63) is 47.3 Å². The standard InChI is InChI=1S/C20H22FN3O4/c21-16-9-5-4-8-15(16)12-22-17(25)13-24-19(27)18(26)23(20(24)28)11-10-14-6-2-1-3-7-14/h4-6,8-9H,1-3,7,10-13H2,(H,22,25). The van der Waals surface area contributed by atoms with Gasteiger partial charge in [-0.05, 0) is 38.2 Å². The number of nitrogens with one attached hydrogen (secondary N) is 1. The minimum Gasteiger partial charge on any atom is -0.350 e. The molecule has 1 N–H and O–H groups in total. The van der Waals surface area contributed by atoms with Gasteiger partial charge in [-0.3, -0.25) is 19.3 Å².